The number of thiophene rings is 2. The second-order valence-corrected chi connectivity index (χ2v) is 7.53. The molecule has 1 atom stereocenters. The molecule has 134 valence electrons. The Balaban J connectivity index is 1.60. The molecule has 9 heteroatoms. The number of non-ortho nitro benzene ring substituents is 1. The van der Waals surface area contributed by atoms with Crippen molar-refractivity contribution >= 4 is 50.3 Å². The normalized spacial score (nSPS) is 11.9. The molecule has 7 nitrogen and oxygen atoms in total. The minimum Gasteiger partial charge on any atom is -0.451 e. The maximum atomic E-state index is 12.1. The van der Waals surface area contributed by atoms with Crippen molar-refractivity contribution in [3.05, 3.63) is 61.6 Å². The lowest BCUT2D eigenvalue weighted by Gasteiger charge is -2.12. The van der Waals surface area contributed by atoms with Crippen molar-refractivity contribution in [1.82, 2.24) is 5.32 Å². The molecule has 0 saturated carbocycles. The molecule has 0 bridgehead atoms. The van der Waals surface area contributed by atoms with Crippen LogP contribution in [-0.2, 0) is 9.53 Å². The van der Waals surface area contributed by atoms with Crippen molar-refractivity contribution in [3.8, 4) is 0 Å². The molecule has 0 unspecified atom stereocenters. The van der Waals surface area contributed by atoms with Crippen LogP contribution in [0.5, 0.6) is 0 Å². The topological polar surface area (TPSA) is 98.5 Å². The van der Waals surface area contributed by atoms with E-state index in [1.54, 1.807) is 6.07 Å². The van der Waals surface area contributed by atoms with Gasteiger partial charge in [0.2, 0.25) is 0 Å². The lowest BCUT2D eigenvalue weighted by atomic mass is 10.2. The van der Waals surface area contributed by atoms with Crippen LogP contribution >= 0.6 is 22.7 Å². The van der Waals surface area contributed by atoms with Crippen molar-refractivity contribution in [2.24, 2.45) is 0 Å². The molecule has 2 aromatic heterocycles. The van der Waals surface area contributed by atoms with Gasteiger partial charge in [0, 0.05) is 27.1 Å². The van der Waals surface area contributed by atoms with Crippen LogP contribution in [-0.4, -0.2) is 23.4 Å². The Morgan fingerprint density at radius 1 is 1.31 bits per heavy atom. The van der Waals surface area contributed by atoms with Crippen LogP contribution in [0.2, 0.25) is 0 Å². The van der Waals surface area contributed by atoms with Gasteiger partial charge in [-0.25, -0.2) is 4.79 Å². The van der Waals surface area contributed by atoms with Crippen LogP contribution in [0.25, 0.3) is 10.1 Å². The van der Waals surface area contributed by atoms with E-state index in [0.717, 1.165) is 20.9 Å². The van der Waals surface area contributed by atoms with Gasteiger partial charge in [-0.2, -0.15) is 0 Å². The molecule has 0 aliphatic carbocycles. The highest BCUT2D eigenvalue weighted by atomic mass is 32.1. The summed E-state index contributed by atoms with van der Waals surface area (Å²) in [6.07, 6.45) is 0. The van der Waals surface area contributed by atoms with E-state index in [0.29, 0.717) is 10.3 Å². The summed E-state index contributed by atoms with van der Waals surface area (Å²) in [7, 11) is 0. The van der Waals surface area contributed by atoms with Crippen LogP contribution in [0, 0.1) is 10.1 Å². The molecule has 0 spiro atoms. The highest BCUT2D eigenvalue weighted by Gasteiger charge is 2.17. The number of nitro benzene ring substituents is 1. The number of carbonyl (C=O) groups is 2. The predicted octanol–water partition coefficient (Wildman–Crippen LogP) is 3.91. The number of hydrogen-bond donors (Lipinski definition) is 1. The maximum absolute atomic E-state index is 12.1. The summed E-state index contributed by atoms with van der Waals surface area (Å²) in [5.41, 5.74) is -0.0443. The van der Waals surface area contributed by atoms with Gasteiger partial charge in [-0.05, 0) is 30.5 Å². The summed E-state index contributed by atoms with van der Waals surface area (Å²) >= 11 is 2.69. The average molecular weight is 390 g/mol. The molecule has 2 heterocycles. The van der Waals surface area contributed by atoms with Crippen LogP contribution < -0.4 is 5.32 Å². The van der Waals surface area contributed by atoms with Gasteiger partial charge in [-0.1, -0.05) is 6.07 Å². The molecule has 3 rings (SSSR count). The van der Waals surface area contributed by atoms with Crippen molar-refractivity contribution in [3.63, 3.8) is 0 Å². The molecule has 0 fully saturated rings. The molecule has 1 N–H and O–H groups in total. The summed E-state index contributed by atoms with van der Waals surface area (Å²) in [4.78, 5) is 35.7. The monoisotopic (exact) mass is 390 g/mol. The summed E-state index contributed by atoms with van der Waals surface area (Å²) < 4.78 is 5.78. The quantitative estimate of drug-likeness (QED) is 0.391. The Labute approximate surface area is 156 Å². The van der Waals surface area contributed by atoms with E-state index >= 15 is 0 Å². The minimum absolute atomic E-state index is 0.0443. The molecular formula is C17H14N2O5S2. The van der Waals surface area contributed by atoms with Crippen molar-refractivity contribution in [2.75, 3.05) is 6.61 Å². The lowest BCUT2D eigenvalue weighted by molar-refractivity contribution is -0.384. The number of nitro groups is 1. The first-order chi connectivity index (χ1) is 12.4. The summed E-state index contributed by atoms with van der Waals surface area (Å²) in [6.45, 7) is 1.47. The van der Waals surface area contributed by atoms with Gasteiger partial charge in [0.1, 0.15) is 4.88 Å². The zero-order valence-corrected chi connectivity index (χ0v) is 15.3. The second kappa shape index (κ2) is 7.63. The van der Waals surface area contributed by atoms with Gasteiger partial charge in [-0.3, -0.25) is 14.9 Å². The Hall–Kier alpha value is -2.78. The number of ether oxygens (including phenoxy) is 1. The van der Waals surface area contributed by atoms with E-state index in [1.807, 2.05) is 24.4 Å². The zero-order valence-electron chi connectivity index (χ0n) is 13.6. The van der Waals surface area contributed by atoms with Crippen LogP contribution in [0.1, 0.15) is 27.5 Å². The van der Waals surface area contributed by atoms with Gasteiger partial charge in [-0.15, -0.1) is 22.7 Å². The Morgan fingerprint density at radius 2 is 2.12 bits per heavy atom. The molecule has 0 aliphatic rings. The van der Waals surface area contributed by atoms with Crippen molar-refractivity contribution < 1.29 is 19.2 Å². The van der Waals surface area contributed by atoms with Crippen molar-refractivity contribution in [2.45, 2.75) is 13.0 Å². The third-order valence-corrected chi connectivity index (χ3v) is 5.74. The van der Waals surface area contributed by atoms with Crippen LogP contribution in [0.15, 0.2) is 41.8 Å². The zero-order chi connectivity index (χ0) is 18.7. The number of rotatable bonds is 6. The largest absolute Gasteiger partial charge is 0.451 e. The lowest BCUT2D eigenvalue weighted by Crippen LogP contribution is -2.30. The fourth-order valence-corrected chi connectivity index (χ4v) is 4.01. The van der Waals surface area contributed by atoms with Gasteiger partial charge >= 0.3 is 5.97 Å². The number of benzene rings is 1. The van der Waals surface area contributed by atoms with Crippen LogP contribution in [0.4, 0.5) is 5.69 Å². The number of carbonyl (C=O) groups excluding carboxylic acids is 2. The van der Waals surface area contributed by atoms with Gasteiger partial charge < -0.3 is 10.1 Å². The molecule has 0 saturated heterocycles. The number of hydrogen-bond acceptors (Lipinski definition) is 7. The molecule has 0 radical (unpaired) electrons. The Morgan fingerprint density at radius 3 is 2.81 bits per heavy atom. The first-order valence-electron chi connectivity index (χ1n) is 7.62. The van der Waals surface area contributed by atoms with E-state index in [9.17, 15) is 19.7 Å². The Kier molecular flexibility index (Phi) is 5.29. The standard InChI is InChI=1S/C17H14N2O5S2/c1-10(13-3-2-6-25-13)18-16(20)9-24-17(21)15-8-11-7-12(19(22)23)4-5-14(11)26-15/h2-8,10H,9H2,1H3,(H,18,20)/t10-/m1/s1. The van der Waals surface area contributed by atoms with E-state index in [2.05, 4.69) is 5.32 Å². The number of nitrogens with one attached hydrogen (secondary N) is 1. The van der Waals surface area contributed by atoms with E-state index in [4.69, 9.17) is 4.74 Å². The van der Waals surface area contributed by atoms with Crippen LogP contribution in [0.3, 0.4) is 0 Å². The number of nitrogens with zero attached hydrogens (tertiary/aromatic N) is 1. The smallest absolute Gasteiger partial charge is 0.348 e. The number of fused-ring (bicyclic) bond motifs is 1. The fraction of sp³-hybridized carbons (Fsp3) is 0.176. The average Bonchev–Trinajstić information content (AvgIpc) is 3.28. The molecule has 0 aliphatic heterocycles. The van der Waals surface area contributed by atoms with Gasteiger partial charge in [0.15, 0.2) is 6.61 Å². The summed E-state index contributed by atoms with van der Waals surface area (Å²) in [6, 6.07) is 9.55. The van der Waals surface area contributed by atoms with Gasteiger partial charge in [0.25, 0.3) is 11.6 Å². The summed E-state index contributed by atoms with van der Waals surface area (Å²) in [5.74, 6) is -1.02. The third-order valence-electron chi connectivity index (χ3n) is 3.59. The molecular weight excluding hydrogens is 376 g/mol. The predicted molar refractivity (Wildman–Crippen MR) is 99.6 cm³/mol. The van der Waals surface area contributed by atoms with E-state index in [1.165, 1.54) is 29.5 Å². The highest BCUT2D eigenvalue weighted by Crippen LogP contribution is 2.29. The number of amides is 1. The minimum atomic E-state index is -0.632. The number of esters is 1. The maximum Gasteiger partial charge on any atom is 0.348 e. The molecule has 1 aromatic carbocycles. The third kappa shape index (κ3) is 4.06. The highest BCUT2D eigenvalue weighted by molar-refractivity contribution is 7.20. The Bertz CT molecular complexity index is 965. The first-order valence-corrected chi connectivity index (χ1v) is 9.31. The molecule has 3 aromatic rings. The SMILES string of the molecule is C[C@@H](NC(=O)COC(=O)c1cc2cc([N+](=O)[O-])ccc2s1)c1cccs1. The van der Waals surface area contributed by atoms with Gasteiger partial charge in [0.05, 0.1) is 11.0 Å². The van der Waals surface area contributed by atoms with Crippen molar-refractivity contribution in [1.29, 1.82) is 0 Å². The fourth-order valence-electron chi connectivity index (χ4n) is 2.34. The van der Waals surface area contributed by atoms with E-state index < -0.39 is 16.8 Å². The first kappa shape index (κ1) is 18.0. The molecule has 26 heavy (non-hydrogen) atoms. The molecule has 1 amide bonds. The van der Waals surface area contributed by atoms with E-state index in [-0.39, 0.29) is 18.3 Å². The summed E-state index contributed by atoms with van der Waals surface area (Å²) in [5, 5.41) is 16.1. The second-order valence-electron chi connectivity index (χ2n) is 5.47.